The van der Waals surface area contributed by atoms with E-state index in [-0.39, 0.29) is 24.4 Å². The molecule has 104 valence electrons. The number of alkyl halides is 3. The SMILES string of the molecule is O=C(N1CCc2ccc(S(=O)[O-])cc2C1)C(F)(F)F. The lowest BCUT2D eigenvalue weighted by atomic mass is 10.00. The third kappa shape index (κ3) is 2.95. The first-order valence-electron chi connectivity index (χ1n) is 5.36. The average Bonchev–Trinajstić information content (AvgIpc) is 2.35. The van der Waals surface area contributed by atoms with Crippen LogP contribution >= 0.6 is 0 Å². The molecule has 4 nitrogen and oxygen atoms in total. The molecule has 0 fully saturated rings. The number of benzene rings is 1. The van der Waals surface area contributed by atoms with Gasteiger partial charge in [0.2, 0.25) is 0 Å². The highest BCUT2D eigenvalue weighted by Crippen LogP contribution is 2.26. The fraction of sp³-hybridized carbons (Fsp3) is 0.364. The Morgan fingerprint density at radius 3 is 2.58 bits per heavy atom. The number of nitrogens with zero attached hydrogens (tertiary/aromatic N) is 1. The van der Waals surface area contributed by atoms with Crippen LogP contribution in [0.25, 0.3) is 0 Å². The summed E-state index contributed by atoms with van der Waals surface area (Å²) in [5.41, 5.74) is 1.20. The van der Waals surface area contributed by atoms with Gasteiger partial charge in [-0.3, -0.25) is 9.00 Å². The molecule has 0 saturated heterocycles. The van der Waals surface area contributed by atoms with Crippen LogP contribution < -0.4 is 0 Å². The molecular weight excluding hydrogens is 283 g/mol. The van der Waals surface area contributed by atoms with Gasteiger partial charge in [0.1, 0.15) is 0 Å². The Morgan fingerprint density at radius 1 is 1.32 bits per heavy atom. The first-order valence-corrected chi connectivity index (χ1v) is 6.43. The fourth-order valence-electron chi connectivity index (χ4n) is 1.99. The maximum Gasteiger partial charge on any atom is 0.471 e. The molecule has 1 aromatic carbocycles. The van der Waals surface area contributed by atoms with E-state index in [9.17, 15) is 26.7 Å². The Labute approximate surface area is 109 Å². The highest BCUT2D eigenvalue weighted by Gasteiger charge is 2.43. The van der Waals surface area contributed by atoms with E-state index in [1.165, 1.54) is 12.1 Å². The minimum absolute atomic E-state index is 0.0000534. The second-order valence-corrected chi connectivity index (χ2v) is 5.08. The molecule has 1 aliphatic rings. The summed E-state index contributed by atoms with van der Waals surface area (Å²) < 4.78 is 58.6. The second kappa shape index (κ2) is 4.93. The van der Waals surface area contributed by atoms with Gasteiger partial charge in [0, 0.05) is 18.0 Å². The fourth-order valence-corrected chi connectivity index (χ4v) is 2.41. The minimum Gasteiger partial charge on any atom is -0.768 e. The zero-order chi connectivity index (χ0) is 14.2. The third-order valence-corrected chi connectivity index (χ3v) is 3.55. The highest BCUT2D eigenvalue weighted by atomic mass is 32.2. The largest absolute Gasteiger partial charge is 0.768 e. The maximum atomic E-state index is 12.3. The van der Waals surface area contributed by atoms with Crippen molar-refractivity contribution >= 4 is 17.0 Å². The number of hydrogen-bond acceptors (Lipinski definition) is 3. The molecule has 1 amide bonds. The van der Waals surface area contributed by atoms with Crippen LogP contribution in [-0.2, 0) is 28.8 Å². The van der Waals surface area contributed by atoms with Gasteiger partial charge in [-0.2, -0.15) is 13.2 Å². The van der Waals surface area contributed by atoms with Crippen LogP contribution in [0.5, 0.6) is 0 Å². The normalized spacial score (nSPS) is 16.9. The van der Waals surface area contributed by atoms with Crippen molar-refractivity contribution in [2.45, 2.75) is 24.0 Å². The Hall–Kier alpha value is -1.41. The Balaban J connectivity index is 2.25. The van der Waals surface area contributed by atoms with E-state index in [2.05, 4.69) is 0 Å². The molecule has 8 heteroatoms. The predicted molar refractivity (Wildman–Crippen MR) is 58.8 cm³/mol. The lowest BCUT2D eigenvalue weighted by Crippen LogP contribution is -2.43. The molecule has 0 N–H and O–H groups in total. The van der Waals surface area contributed by atoms with E-state index >= 15 is 0 Å². The molecule has 1 aliphatic heterocycles. The topological polar surface area (TPSA) is 60.4 Å². The van der Waals surface area contributed by atoms with E-state index in [1.54, 1.807) is 6.07 Å². The molecule has 0 aliphatic carbocycles. The molecule has 0 spiro atoms. The number of amides is 1. The minimum atomic E-state index is -4.91. The summed E-state index contributed by atoms with van der Waals surface area (Å²) in [6.07, 6.45) is -4.63. The van der Waals surface area contributed by atoms with E-state index in [1.807, 2.05) is 0 Å². The zero-order valence-corrected chi connectivity index (χ0v) is 10.4. The number of hydrogen-bond donors (Lipinski definition) is 0. The van der Waals surface area contributed by atoms with Gasteiger partial charge < -0.3 is 9.45 Å². The van der Waals surface area contributed by atoms with Gasteiger partial charge in [-0.25, -0.2) is 0 Å². The summed E-state index contributed by atoms with van der Waals surface area (Å²) >= 11 is -2.44. The monoisotopic (exact) mass is 292 g/mol. The molecule has 0 radical (unpaired) electrons. The summed E-state index contributed by atoms with van der Waals surface area (Å²) in [5.74, 6) is -1.90. The molecule has 1 unspecified atom stereocenters. The third-order valence-electron chi connectivity index (χ3n) is 2.91. The van der Waals surface area contributed by atoms with E-state index in [0.717, 1.165) is 5.56 Å². The summed E-state index contributed by atoms with van der Waals surface area (Å²) in [4.78, 5) is 11.8. The number of carbonyl (C=O) groups is 1. The van der Waals surface area contributed by atoms with Gasteiger partial charge in [-0.05, 0) is 40.8 Å². The van der Waals surface area contributed by atoms with Crippen LogP contribution in [0.4, 0.5) is 13.2 Å². The van der Waals surface area contributed by atoms with Gasteiger partial charge >= 0.3 is 12.1 Å². The molecule has 1 heterocycles. The highest BCUT2D eigenvalue weighted by molar-refractivity contribution is 7.79. The van der Waals surface area contributed by atoms with Crippen LogP contribution in [0.1, 0.15) is 11.1 Å². The van der Waals surface area contributed by atoms with Crippen molar-refractivity contribution in [1.29, 1.82) is 0 Å². The molecule has 1 aromatic rings. The van der Waals surface area contributed by atoms with Gasteiger partial charge in [0.05, 0.1) is 0 Å². The van der Waals surface area contributed by atoms with Crippen molar-refractivity contribution in [3.05, 3.63) is 29.3 Å². The Bertz CT molecular complexity index is 544. The summed E-state index contributed by atoms with van der Waals surface area (Å²) in [6.45, 7) is -0.246. The average molecular weight is 292 g/mol. The lowest BCUT2D eigenvalue weighted by Gasteiger charge is -2.29. The number of carbonyl (C=O) groups excluding carboxylic acids is 1. The van der Waals surface area contributed by atoms with Crippen LogP contribution in [0.3, 0.4) is 0 Å². The van der Waals surface area contributed by atoms with Crippen molar-refractivity contribution in [3.8, 4) is 0 Å². The molecule has 0 saturated carbocycles. The Morgan fingerprint density at radius 2 is 2.00 bits per heavy atom. The van der Waals surface area contributed by atoms with Gasteiger partial charge in [0.25, 0.3) is 0 Å². The molecular formula is C11H9F3NO3S-. The number of fused-ring (bicyclic) bond motifs is 1. The van der Waals surface area contributed by atoms with Crippen LogP contribution in [0.15, 0.2) is 23.1 Å². The zero-order valence-electron chi connectivity index (χ0n) is 9.57. The van der Waals surface area contributed by atoms with Gasteiger partial charge in [-0.1, -0.05) is 6.07 Å². The molecule has 2 rings (SSSR count). The van der Waals surface area contributed by atoms with Crippen LogP contribution in [0.2, 0.25) is 0 Å². The second-order valence-electron chi connectivity index (χ2n) is 4.14. The van der Waals surface area contributed by atoms with Crippen molar-refractivity contribution in [3.63, 3.8) is 0 Å². The molecule has 0 bridgehead atoms. The summed E-state index contributed by atoms with van der Waals surface area (Å²) in [5, 5.41) is 0. The standard InChI is InChI=1S/C11H10F3NO3S/c12-11(13,14)10(16)15-4-3-7-1-2-9(19(17)18)5-8(7)6-15/h1-2,5H,3-4,6H2,(H,17,18)/p-1. The van der Waals surface area contributed by atoms with E-state index < -0.39 is 23.2 Å². The molecule has 0 aromatic heterocycles. The van der Waals surface area contributed by atoms with E-state index in [0.29, 0.717) is 10.5 Å². The number of halogens is 3. The van der Waals surface area contributed by atoms with Crippen molar-refractivity contribution in [2.24, 2.45) is 0 Å². The number of rotatable bonds is 1. The van der Waals surface area contributed by atoms with Crippen molar-refractivity contribution in [1.82, 2.24) is 4.90 Å². The Kier molecular flexibility index (Phi) is 3.64. The van der Waals surface area contributed by atoms with E-state index in [4.69, 9.17) is 0 Å². The maximum absolute atomic E-state index is 12.3. The first-order chi connectivity index (χ1) is 8.79. The van der Waals surface area contributed by atoms with Gasteiger partial charge in [-0.15, -0.1) is 0 Å². The van der Waals surface area contributed by atoms with Crippen LogP contribution in [0, 0.1) is 0 Å². The van der Waals surface area contributed by atoms with Crippen molar-refractivity contribution in [2.75, 3.05) is 6.54 Å². The first kappa shape index (κ1) is 14.0. The summed E-state index contributed by atoms with van der Waals surface area (Å²) in [6, 6.07) is 4.26. The lowest BCUT2D eigenvalue weighted by molar-refractivity contribution is -0.186. The molecule has 1 atom stereocenters. The van der Waals surface area contributed by atoms with Gasteiger partial charge in [0.15, 0.2) is 0 Å². The smallest absolute Gasteiger partial charge is 0.471 e. The quantitative estimate of drug-likeness (QED) is 0.735. The van der Waals surface area contributed by atoms with Crippen LogP contribution in [-0.4, -0.2) is 32.3 Å². The molecule has 19 heavy (non-hydrogen) atoms. The predicted octanol–water partition coefficient (Wildman–Crippen LogP) is 1.37. The van der Waals surface area contributed by atoms with Crippen molar-refractivity contribution < 1.29 is 26.7 Å². The summed E-state index contributed by atoms with van der Waals surface area (Å²) in [7, 11) is 0.